The Balaban J connectivity index is 1.91. The first-order chi connectivity index (χ1) is 11.9. The first-order valence-corrected chi connectivity index (χ1v) is 9.42. The van der Waals surface area contributed by atoms with Gasteiger partial charge in [-0.15, -0.1) is 0 Å². The number of pyridine rings is 1. The van der Waals surface area contributed by atoms with Gasteiger partial charge in [0, 0.05) is 18.1 Å². The molecule has 1 atom stereocenters. The lowest BCUT2D eigenvalue weighted by molar-refractivity contribution is 0.259. The maximum absolute atomic E-state index is 12.9. The summed E-state index contributed by atoms with van der Waals surface area (Å²) in [5, 5.41) is 0.620. The van der Waals surface area contributed by atoms with Crippen LogP contribution in [0.1, 0.15) is 17.4 Å². The van der Waals surface area contributed by atoms with Crippen LogP contribution in [0.25, 0.3) is 10.9 Å². The number of likely N-dealkylation sites (N-methyl/N-ethyl adjacent to an activating group) is 1. The Kier molecular flexibility index (Phi) is 4.89. The average molecular weight is 359 g/mol. The molecule has 1 aromatic carbocycles. The third-order valence-corrected chi connectivity index (χ3v) is 5.66. The van der Waals surface area contributed by atoms with Crippen molar-refractivity contribution in [2.75, 3.05) is 20.6 Å². The van der Waals surface area contributed by atoms with Crippen molar-refractivity contribution in [1.82, 2.24) is 14.6 Å². The first kappa shape index (κ1) is 17.6. The zero-order valence-corrected chi connectivity index (χ0v) is 15.2. The highest BCUT2D eigenvalue weighted by Gasteiger charge is 2.23. The van der Waals surface area contributed by atoms with E-state index >= 15 is 0 Å². The van der Waals surface area contributed by atoms with Gasteiger partial charge < -0.3 is 4.42 Å². The van der Waals surface area contributed by atoms with Crippen molar-refractivity contribution in [3.05, 3.63) is 60.2 Å². The van der Waals surface area contributed by atoms with E-state index in [4.69, 9.17) is 4.42 Å². The average Bonchev–Trinajstić information content (AvgIpc) is 3.09. The normalized spacial score (nSPS) is 13.4. The Hall–Kier alpha value is -2.22. The van der Waals surface area contributed by atoms with Gasteiger partial charge >= 0.3 is 0 Å². The summed E-state index contributed by atoms with van der Waals surface area (Å²) in [5.41, 5.74) is 1.64. The third-order valence-electron chi connectivity index (χ3n) is 4.18. The summed E-state index contributed by atoms with van der Waals surface area (Å²) in [7, 11) is 0.0816. The molecule has 0 amide bonds. The van der Waals surface area contributed by atoms with Crippen LogP contribution in [0.15, 0.2) is 58.2 Å². The maximum atomic E-state index is 12.9. The number of hydrogen-bond donors (Lipinski definition) is 1. The lowest BCUT2D eigenvalue weighted by Gasteiger charge is -2.22. The number of aromatic nitrogens is 1. The van der Waals surface area contributed by atoms with Crippen molar-refractivity contribution < 1.29 is 12.8 Å². The molecule has 0 bridgehead atoms. The fourth-order valence-electron chi connectivity index (χ4n) is 2.81. The van der Waals surface area contributed by atoms with E-state index in [0.717, 1.165) is 5.56 Å². The lowest BCUT2D eigenvalue weighted by Crippen LogP contribution is -2.34. The molecule has 0 aliphatic heterocycles. The minimum Gasteiger partial charge on any atom is -0.468 e. The van der Waals surface area contributed by atoms with Crippen molar-refractivity contribution in [3.63, 3.8) is 0 Å². The van der Waals surface area contributed by atoms with E-state index in [1.54, 1.807) is 42.8 Å². The highest BCUT2D eigenvalue weighted by molar-refractivity contribution is 7.89. The SMILES string of the molecule is Cc1ccc(S(=O)(=O)NCC(c2ccco2)N(C)C)c2cccnc12. The van der Waals surface area contributed by atoms with E-state index in [1.165, 1.54) is 0 Å². The van der Waals surface area contributed by atoms with Gasteiger partial charge in [-0.05, 0) is 56.9 Å². The highest BCUT2D eigenvalue weighted by atomic mass is 32.2. The van der Waals surface area contributed by atoms with Crippen LogP contribution in [0.5, 0.6) is 0 Å². The highest BCUT2D eigenvalue weighted by Crippen LogP contribution is 2.25. The predicted octanol–water partition coefficient (Wildman–Crippen LogP) is 2.72. The van der Waals surface area contributed by atoms with Crippen LogP contribution in [-0.4, -0.2) is 38.9 Å². The van der Waals surface area contributed by atoms with Crippen molar-refractivity contribution in [2.24, 2.45) is 0 Å². The van der Waals surface area contributed by atoms with Crippen LogP contribution >= 0.6 is 0 Å². The predicted molar refractivity (Wildman–Crippen MR) is 96.8 cm³/mol. The standard InChI is InChI=1S/C18H21N3O3S/c1-13-8-9-17(14-6-4-10-19-18(13)14)25(22,23)20-12-15(21(2)3)16-7-5-11-24-16/h4-11,15,20H,12H2,1-3H3. The quantitative estimate of drug-likeness (QED) is 0.732. The topological polar surface area (TPSA) is 75.4 Å². The molecule has 0 aliphatic rings. The van der Waals surface area contributed by atoms with Crippen LogP contribution in [0, 0.1) is 6.92 Å². The van der Waals surface area contributed by atoms with Gasteiger partial charge in [-0.1, -0.05) is 6.07 Å². The second-order valence-corrected chi connectivity index (χ2v) is 7.86. The van der Waals surface area contributed by atoms with Gasteiger partial charge in [0.1, 0.15) is 5.76 Å². The first-order valence-electron chi connectivity index (χ1n) is 7.94. The smallest absolute Gasteiger partial charge is 0.241 e. The van der Waals surface area contributed by atoms with Gasteiger partial charge in [-0.25, -0.2) is 13.1 Å². The Morgan fingerprint density at radius 3 is 2.68 bits per heavy atom. The van der Waals surface area contributed by atoms with Crippen LogP contribution in [0.4, 0.5) is 0 Å². The van der Waals surface area contributed by atoms with Crippen molar-refractivity contribution in [1.29, 1.82) is 0 Å². The van der Waals surface area contributed by atoms with E-state index in [0.29, 0.717) is 16.7 Å². The monoisotopic (exact) mass is 359 g/mol. The van der Waals surface area contributed by atoms with Gasteiger partial charge in [0.15, 0.2) is 0 Å². The number of furan rings is 1. The zero-order valence-electron chi connectivity index (χ0n) is 14.4. The number of aryl methyl sites for hydroxylation is 1. The van der Waals surface area contributed by atoms with Crippen molar-refractivity contribution in [2.45, 2.75) is 17.9 Å². The summed E-state index contributed by atoms with van der Waals surface area (Å²) in [5.74, 6) is 0.711. The van der Waals surface area contributed by atoms with Crippen LogP contribution in [-0.2, 0) is 10.0 Å². The Morgan fingerprint density at radius 1 is 1.20 bits per heavy atom. The molecule has 6 nitrogen and oxygen atoms in total. The summed E-state index contributed by atoms with van der Waals surface area (Å²) >= 11 is 0. The molecule has 7 heteroatoms. The van der Waals surface area contributed by atoms with Gasteiger partial charge in [-0.2, -0.15) is 0 Å². The number of nitrogens with zero attached hydrogens (tertiary/aromatic N) is 2. The van der Waals surface area contributed by atoms with E-state index in [-0.39, 0.29) is 17.5 Å². The van der Waals surface area contributed by atoms with Gasteiger partial charge in [0.2, 0.25) is 10.0 Å². The summed E-state index contributed by atoms with van der Waals surface area (Å²) < 4.78 is 33.9. The van der Waals surface area contributed by atoms with Crippen LogP contribution in [0.3, 0.4) is 0 Å². The molecule has 0 fully saturated rings. The summed E-state index contributed by atoms with van der Waals surface area (Å²) in [6.45, 7) is 2.12. The Bertz CT molecular complexity index is 966. The largest absolute Gasteiger partial charge is 0.468 e. The molecule has 0 saturated heterocycles. The van der Waals surface area contributed by atoms with Gasteiger partial charge in [-0.3, -0.25) is 9.88 Å². The zero-order chi connectivity index (χ0) is 18.0. The molecule has 25 heavy (non-hydrogen) atoms. The fraction of sp³-hybridized carbons (Fsp3) is 0.278. The van der Waals surface area contributed by atoms with Crippen LogP contribution in [0.2, 0.25) is 0 Å². The molecule has 2 aromatic heterocycles. The van der Waals surface area contributed by atoms with Crippen molar-refractivity contribution >= 4 is 20.9 Å². The van der Waals surface area contributed by atoms with Gasteiger partial charge in [0.25, 0.3) is 0 Å². The third kappa shape index (κ3) is 3.58. The second kappa shape index (κ2) is 6.95. The lowest BCUT2D eigenvalue weighted by atomic mass is 10.1. The molecule has 1 N–H and O–H groups in total. The molecule has 0 aliphatic carbocycles. The van der Waals surface area contributed by atoms with E-state index < -0.39 is 10.0 Å². The molecular weight excluding hydrogens is 338 g/mol. The van der Waals surface area contributed by atoms with E-state index in [2.05, 4.69) is 9.71 Å². The number of rotatable bonds is 6. The maximum Gasteiger partial charge on any atom is 0.241 e. The van der Waals surface area contributed by atoms with E-state index in [9.17, 15) is 8.42 Å². The molecule has 2 heterocycles. The molecule has 3 rings (SSSR count). The minimum atomic E-state index is -3.68. The molecule has 0 spiro atoms. The molecule has 3 aromatic rings. The Labute approximate surface area is 147 Å². The summed E-state index contributed by atoms with van der Waals surface area (Å²) in [6.07, 6.45) is 3.25. The van der Waals surface area contributed by atoms with Crippen molar-refractivity contribution in [3.8, 4) is 0 Å². The number of nitrogens with one attached hydrogen (secondary N) is 1. The number of hydrogen-bond acceptors (Lipinski definition) is 5. The fourth-order valence-corrected chi connectivity index (χ4v) is 4.04. The Morgan fingerprint density at radius 2 is 2.00 bits per heavy atom. The second-order valence-electron chi connectivity index (χ2n) is 6.13. The number of benzene rings is 1. The van der Waals surface area contributed by atoms with Crippen LogP contribution < -0.4 is 4.72 Å². The minimum absolute atomic E-state index is 0.195. The molecule has 132 valence electrons. The molecule has 0 radical (unpaired) electrons. The summed E-state index contributed by atoms with van der Waals surface area (Å²) in [4.78, 5) is 6.45. The van der Waals surface area contributed by atoms with E-state index in [1.807, 2.05) is 32.0 Å². The molecule has 0 saturated carbocycles. The number of fused-ring (bicyclic) bond motifs is 1. The molecular formula is C18H21N3O3S. The summed E-state index contributed by atoms with van der Waals surface area (Å²) in [6, 6.07) is 10.4. The number of sulfonamides is 1. The van der Waals surface area contributed by atoms with Gasteiger partial charge in [0.05, 0.1) is 22.7 Å². The molecule has 1 unspecified atom stereocenters.